The first-order valence-electron chi connectivity index (χ1n) is 1.82. The Hall–Kier alpha value is 0.484. The van der Waals surface area contributed by atoms with E-state index < -0.39 is 11.9 Å². The largest absolute Gasteiger partial charge is 4.00 e. The molecule has 0 aliphatic rings. The van der Waals surface area contributed by atoms with Gasteiger partial charge in [-0.2, -0.15) is 0 Å². The van der Waals surface area contributed by atoms with Crippen LogP contribution in [0.2, 0.25) is 0 Å². The minimum absolute atomic E-state index is 0. The van der Waals surface area contributed by atoms with Crippen LogP contribution in [0.5, 0.6) is 0 Å². The van der Waals surface area contributed by atoms with Crippen molar-refractivity contribution in [3.63, 3.8) is 0 Å². The van der Waals surface area contributed by atoms with Crippen LogP contribution in [0.4, 0.5) is 0 Å². The second kappa shape index (κ2) is 39.2. The van der Waals surface area contributed by atoms with Crippen molar-refractivity contribution in [3.05, 3.63) is 0 Å². The number of hydrogen-bond acceptors (Lipinski definition) is 4. The van der Waals surface area contributed by atoms with E-state index in [1.165, 1.54) is 0 Å². The number of carbonyl (C=O) groups is 2. The summed E-state index contributed by atoms with van der Waals surface area (Å²) in [5.74, 6) is -2.17. The van der Waals surface area contributed by atoms with Gasteiger partial charge in [0.2, 0.25) is 0 Å². The fourth-order valence-electron chi connectivity index (χ4n) is 0. The molecule has 0 heterocycles. The van der Waals surface area contributed by atoms with Crippen LogP contribution in [0, 0.1) is 0 Å². The molecule has 0 atom stereocenters. The molecule has 0 radical (unpaired) electrons. The molecule has 0 aliphatic heterocycles. The van der Waals surface area contributed by atoms with Gasteiger partial charge in [-0.15, -0.1) is 0 Å². The molecule has 13 heavy (non-hydrogen) atoms. The predicted molar refractivity (Wildman–Crippen MR) is 27.3 cm³/mol. The molecule has 0 saturated carbocycles. The summed E-state index contributed by atoms with van der Waals surface area (Å²) < 4.78 is 0. The van der Waals surface area contributed by atoms with E-state index >= 15 is 0 Å². The van der Waals surface area contributed by atoms with Crippen molar-refractivity contribution in [2.24, 2.45) is 0 Å². The third kappa shape index (κ3) is 5850. The normalized spacial score (nSPS) is 3.85. The minimum atomic E-state index is -1.08. The third-order valence-corrected chi connectivity index (χ3v) is 0. The maximum atomic E-state index is 8.89. The van der Waals surface area contributed by atoms with Crippen LogP contribution in [0.25, 0.3) is 0 Å². The Balaban J connectivity index is -0.00000000800. The van der Waals surface area contributed by atoms with E-state index in [2.05, 4.69) is 0 Å². The minimum Gasteiger partial charge on any atom is -1.00 e. The summed E-state index contributed by atoms with van der Waals surface area (Å²) in [7, 11) is 0. The van der Waals surface area contributed by atoms with E-state index in [9.17, 15) is 0 Å². The zero-order chi connectivity index (χ0) is 7.15. The number of carboxylic acids is 2. The molecule has 0 saturated heterocycles. The van der Waals surface area contributed by atoms with Crippen LogP contribution >= 0.6 is 0 Å². The van der Waals surface area contributed by atoms with Gasteiger partial charge in [0.05, 0.1) is 0 Å². The summed E-state index contributed by atoms with van der Waals surface area (Å²) in [6.45, 7) is 1.94. The van der Waals surface area contributed by atoms with Crippen LogP contribution in [0.15, 0.2) is 0 Å². The first-order chi connectivity index (χ1) is 3.46. The van der Waals surface area contributed by atoms with Crippen molar-refractivity contribution >= 4 is 11.9 Å². The monoisotopic (exact) mass is 289 g/mol. The topological polar surface area (TPSA) is 117 Å². The summed E-state index contributed by atoms with van der Waals surface area (Å²) in [6.07, 6.45) is 0. The molecule has 0 spiro atoms. The predicted octanol–water partition coefficient (Wildman–Crippen LogP) is -11.1. The van der Waals surface area contributed by atoms with Crippen molar-refractivity contribution in [2.75, 3.05) is 0 Å². The van der Waals surface area contributed by atoms with Crippen LogP contribution in [0.1, 0.15) is 13.8 Å². The number of carboxylic acid groups (broad SMARTS) is 2. The average molecular weight is 290 g/mol. The molecule has 0 fully saturated rings. The van der Waals surface area contributed by atoms with Crippen LogP contribution in [-0.4, -0.2) is 11.9 Å². The summed E-state index contributed by atoms with van der Waals surface area (Å²) in [5, 5.41) is 17.8. The zero-order valence-electron chi connectivity index (χ0n) is 7.27. The van der Waals surface area contributed by atoms with Gasteiger partial charge < -0.3 is 63.2 Å². The molecule has 4 N–H and O–H groups in total. The molecular weight excluding hydrogens is 280 g/mol. The zero-order valence-corrected chi connectivity index (χ0v) is 11.1. The number of carbonyl (C=O) groups excluding carboxylic acids is 2. The third-order valence-electron chi connectivity index (χ3n) is 0. The van der Waals surface area contributed by atoms with Gasteiger partial charge in [-0.05, 0) is 13.8 Å². The van der Waals surface area contributed by atoms with Gasteiger partial charge in [0.25, 0.3) is 0 Å². The summed E-state index contributed by atoms with van der Waals surface area (Å²) in [5.41, 5.74) is 0. The van der Waals surface area contributed by atoms with E-state index in [1.807, 2.05) is 0 Å². The SMILES string of the molecule is CC(=O)[O-].CC(=O)[O-].[Cl-].[Cl-].[Cl-].[NH4+].[Ti+4]. The second-order valence-corrected chi connectivity index (χ2v) is 0.983. The molecule has 0 amide bonds. The second-order valence-electron chi connectivity index (χ2n) is 0.983. The maximum absolute atomic E-state index is 8.89. The molecule has 0 bridgehead atoms. The van der Waals surface area contributed by atoms with Gasteiger partial charge in [-0.25, -0.2) is 0 Å². The van der Waals surface area contributed by atoms with Crippen molar-refractivity contribution in [1.82, 2.24) is 6.15 Å². The molecule has 0 rings (SSSR count). The first kappa shape index (κ1) is 50.0. The molecule has 0 aromatic carbocycles. The first-order valence-corrected chi connectivity index (χ1v) is 1.82. The van der Waals surface area contributed by atoms with Crippen LogP contribution in [-0.2, 0) is 31.3 Å². The van der Waals surface area contributed by atoms with Crippen molar-refractivity contribution in [3.8, 4) is 0 Å². The van der Waals surface area contributed by atoms with Crippen molar-refractivity contribution in [1.29, 1.82) is 0 Å². The molecule has 0 aliphatic carbocycles. The van der Waals surface area contributed by atoms with Crippen LogP contribution < -0.4 is 53.6 Å². The fourth-order valence-corrected chi connectivity index (χ4v) is 0. The van der Waals surface area contributed by atoms with E-state index in [-0.39, 0.29) is 65.1 Å². The summed E-state index contributed by atoms with van der Waals surface area (Å²) >= 11 is 0. The molecule has 0 aromatic rings. The Morgan fingerprint density at radius 2 is 0.846 bits per heavy atom. The Morgan fingerprint density at radius 1 is 0.846 bits per heavy atom. The molecule has 9 heteroatoms. The molecular formula is C4H10Cl3NO4Ti. The number of rotatable bonds is 0. The Labute approximate surface area is 110 Å². The molecule has 80 valence electrons. The smallest absolute Gasteiger partial charge is 1.00 e. The Kier molecular flexibility index (Phi) is 151. The van der Waals surface area contributed by atoms with Gasteiger partial charge in [-0.1, -0.05) is 0 Å². The average Bonchev–Trinajstić information content (AvgIpc) is 1.25. The fraction of sp³-hybridized carbons (Fsp3) is 0.500. The molecule has 0 aromatic heterocycles. The standard InChI is InChI=1S/2C2H4O2.3ClH.H3N.Ti/c2*1-2(3)4;;;;;/h2*1H3,(H,3,4);3*1H;1H3;/q;;;;;;+4/p-4. The van der Waals surface area contributed by atoms with Gasteiger partial charge in [0.1, 0.15) is 0 Å². The number of halogens is 3. The van der Waals surface area contributed by atoms with Gasteiger partial charge in [0, 0.05) is 11.9 Å². The molecule has 0 unspecified atom stereocenters. The number of quaternary nitrogens is 1. The number of aliphatic carboxylic acids is 2. The Bertz CT molecular complexity index is 85.4. The quantitative estimate of drug-likeness (QED) is 0.446. The maximum Gasteiger partial charge on any atom is 4.00 e. The van der Waals surface area contributed by atoms with E-state index in [1.54, 1.807) is 0 Å². The van der Waals surface area contributed by atoms with E-state index in [0.717, 1.165) is 13.8 Å². The van der Waals surface area contributed by atoms with Crippen LogP contribution in [0.3, 0.4) is 0 Å². The van der Waals surface area contributed by atoms with Gasteiger partial charge in [0.15, 0.2) is 0 Å². The van der Waals surface area contributed by atoms with E-state index in [0.29, 0.717) is 0 Å². The molecule has 5 nitrogen and oxygen atoms in total. The van der Waals surface area contributed by atoms with E-state index in [4.69, 9.17) is 19.8 Å². The number of hydrogen-bond donors (Lipinski definition) is 1. The Morgan fingerprint density at radius 3 is 0.846 bits per heavy atom. The van der Waals surface area contributed by atoms with Gasteiger partial charge >= 0.3 is 21.7 Å². The van der Waals surface area contributed by atoms with Crippen molar-refractivity contribution in [2.45, 2.75) is 13.8 Å². The summed E-state index contributed by atoms with van der Waals surface area (Å²) in [6, 6.07) is 0. The van der Waals surface area contributed by atoms with Gasteiger partial charge in [-0.3, -0.25) is 0 Å². The van der Waals surface area contributed by atoms with Crippen molar-refractivity contribution < 1.29 is 78.7 Å². The summed E-state index contributed by atoms with van der Waals surface area (Å²) in [4.78, 5) is 17.8.